The molecule has 2 aromatic rings. The molecule has 0 aliphatic heterocycles. The first-order valence-corrected chi connectivity index (χ1v) is 5.78. The Morgan fingerprint density at radius 1 is 0.889 bits per heavy atom. The fraction of sp³-hybridized carbons (Fsp3) is 0.200. The molecule has 0 bridgehead atoms. The van der Waals surface area contributed by atoms with Crippen molar-refractivity contribution in [3.05, 3.63) is 53.6 Å². The van der Waals surface area contributed by atoms with E-state index in [1.807, 2.05) is 42.5 Å². The lowest BCUT2D eigenvalue weighted by Crippen LogP contribution is -1.97. The molecule has 0 saturated heterocycles. The van der Waals surface area contributed by atoms with Gasteiger partial charge in [0.25, 0.3) is 0 Å². The highest BCUT2D eigenvalue weighted by Gasteiger charge is 2.03. The van der Waals surface area contributed by atoms with E-state index < -0.39 is 0 Å². The second kappa shape index (κ2) is 5.45. The first kappa shape index (κ1) is 12.3. The monoisotopic (exact) mass is 243 g/mol. The molecule has 0 unspecified atom stereocenters. The molecule has 0 aliphatic carbocycles. The lowest BCUT2D eigenvalue weighted by molar-refractivity contribution is 0.414. The Labute approximate surface area is 107 Å². The van der Waals surface area contributed by atoms with Crippen LogP contribution in [0.4, 0.5) is 5.69 Å². The van der Waals surface area contributed by atoms with Gasteiger partial charge >= 0.3 is 0 Å². The minimum Gasteiger partial charge on any atom is -0.497 e. The third kappa shape index (κ3) is 2.74. The summed E-state index contributed by atoms with van der Waals surface area (Å²) in [5.74, 6) is 1.69. The molecule has 0 radical (unpaired) electrons. The molecule has 0 fully saturated rings. The normalized spacial score (nSPS) is 10.1. The zero-order valence-electron chi connectivity index (χ0n) is 10.6. The summed E-state index contributed by atoms with van der Waals surface area (Å²) in [6.07, 6.45) is 0.785. The summed E-state index contributed by atoms with van der Waals surface area (Å²) in [6.45, 7) is 0. The van der Waals surface area contributed by atoms with E-state index in [0.717, 1.165) is 29.2 Å². The zero-order valence-corrected chi connectivity index (χ0v) is 10.6. The van der Waals surface area contributed by atoms with Gasteiger partial charge in [-0.25, -0.2) is 0 Å². The van der Waals surface area contributed by atoms with Gasteiger partial charge in [0.15, 0.2) is 0 Å². The maximum atomic E-state index is 5.97. The number of benzene rings is 2. The van der Waals surface area contributed by atoms with Crippen molar-refractivity contribution < 1.29 is 9.47 Å². The van der Waals surface area contributed by atoms with Crippen molar-refractivity contribution in [2.45, 2.75) is 6.42 Å². The van der Waals surface area contributed by atoms with Crippen LogP contribution in [0, 0.1) is 0 Å². The highest BCUT2D eigenvalue weighted by molar-refractivity contribution is 5.52. The Hall–Kier alpha value is -2.16. The van der Waals surface area contributed by atoms with Gasteiger partial charge in [0.1, 0.15) is 11.5 Å². The van der Waals surface area contributed by atoms with E-state index in [1.54, 1.807) is 14.2 Å². The van der Waals surface area contributed by atoms with Crippen molar-refractivity contribution in [1.29, 1.82) is 0 Å². The van der Waals surface area contributed by atoms with Crippen LogP contribution >= 0.6 is 0 Å². The molecule has 0 spiro atoms. The van der Waals surface area contributed by atoms with Crippen LogP contribution in [-0.4, -0.2) is 14.2 Å². The van der Waals surface area contributed by atoms with E-state index in [9.17, 15) is 0 Å². The van der Waals surface area contributed by atoms with Crippen molar-refractivity contribution in [1.82, 2.24) is 0 Å². The molecule has 94 valence electrons. The summed E-state index contributed by atoms with van der Waals surface area (Å²) in [4.78, 5) is 0. The van der Waals surface area contributed by atoms with Crippen LogP contribution in [-0.2, 0) is 6.42 Å². The van der Waals surface area contributed by atoms with Gasteiger partial charge in [0.2, 0.25) is 0 Å². The Morgan fingerprint density at radius 3 is 2.11 bits per heavy atom. The summed E-state index contributed by atoms with van der Waals surface area (Å²) in [6, 6.07) is 13.7. The number of nitrogen functional groups attached to an aromatic ring is 1. The molecule has 3 heteroatoms. The number of hydrogen-bond donors (Lipinski definition) is 1. The molecule has 0 aliphatic rings. The Bertz CT molecular complexity index is 521. The summed E-state index contributed by atoms with van der Waals surface area (Å²) in [7, 11) is 3.32. The standard InChI is InChI=1S/C15H17NO2/c1-17-13-5-3-11(4-6-13)9-12-10-14(18-2)7-8-15(12)16/h3-8,10H,9,16H2,1-2H3. The molecule has 0 heterocycles. The number of hydrogen-bond acceptors (Lipinski definition) is 3. The van der Waals surface area contributed by atoms with Crippen LogP contribution in [0.3, 0.4) is 0 Å². The van der Waals surface area contributed by atoms with E-state index in [0.29, 0.717) is 0 Å². The number of rotatable bonds is 4. The highest BCUT2D eigenvalue weighted by atomic mass is 16.5. The second-order valence-electron chi connectivity index (χ2n) is 4.09. The third-order valence-electron chi connectivity index (χ3n) is 2.90. The highest BCUT2D eigenvalue weighted by Crippen LogP contribution is 2.23. The van der Waals surface area contributed by atoms with Crippen molar-refractivity contribution in [2.24, 2.45) is 0 Å². The first-order valence-electron chi connectivity index (χ1n) is 5.78. The molecule has 0 amide bonds. The fourth-order valence-electron chi connectivity index (χ4n) is 1.83. The van der Waals surface area contributed by atoms with E-state index in [2.05, 4.69) is 0 Å². The van der Waals surface area contributed by atoms with Gasteiger partial charge in [0.05, 0.1) is 14.2 Å². The molecule has 2 aromatic carbocycles. The molecule has 0 atom stereocenters. The quantitative estimate of drug-likeness (QED) is 0.840. The molecular formula is C15H17NO2. The predicted octanol–water partition coefficient (Wildman–Crippen LogP) is 2.88. The van der Waals surface area contributed by atoms with E-state index >= 15 is 0 Å². The van der Waals surface area contributed by atoms with Crippen LogP contribution in [0.25, 0.3) is 0 Å². The number of methoxy groups -OCH3 is 2. The predicted molar refractivity (Wildman–Crippen MR) is 73.2 cm³/mol. The average Bonchev–Trinajstić information content (AvgIpc) is 2.42. The van der Waals surface area contributed by atoms with Crippen LogP contribution < -0.4 is 15.2 Å². The molecule has 2 N–H and O–H groups in total. The maximum absolute atomic E-state index is 5.97. The molecule has 3 nitrogen and oxygen atoms in total. The summed E-state index contributed by atoms with van der Waals surface area (Å²) < 4.78 is 10.3. The van der Waals surface area contributed by atoms with Gasteiger partial charge in [-0.2, -0.15) is 0 Å². The smallest absolute Gasteiger partial charge is 0.119 e. The average molecular weight is 243 g/mol. The SMILES string of the molecule is COc1ccc(Cc2cc(OC)ccc2N)cc1. The van der Waals surface area contributed by atoms with Gasteiger partial charge in [-0.3, -0.25) is 0 Å². The second-order valence-corrected chi connectivity index (χ2v) is 4.09. The Morgan fingerprint density at radius 2 is 1.50 bits per heavy atom. The van der Waals surface area contributed by atoms with E-state index in [4.69, 9.17) is 15.2 Å². The van der Waals surface area contributed by atoms with E-state index in [-0.39, 0.29) is 0 Å². The van der Waals surface area contributed by atoms with Gasteiger partial charge in [-0.1, -0.05) is 12.1 Å². The van der Waals surface area contributed by atoms with Crippen LogP contribution in [0.5, 0.6) is 11.5 Å². The summed E-state index contributed by atoms with van der Waals surface area (Å²) in [5.41, 5.74) is 9.01. The number of nitrogens with two attached hydrogens (primary N) is 1. The molecule has 18 heavy (non-hydrogen) atoms. The van der Waals surface area contributed by atoms with Crippen LogP contribution in [0.2, 0.25) is 0 Å². The van der Waals surface area contributed by atoms with Gasteiger partial charge in [-0.05, 0) is 47.9 Å². The van der Waals surface area contributed by atoms with Crippen molar-refractivity contribution in [3.8, 4) is 11.5 Å². The van der Waals surface area contributed by atoms with Crippen molar-refractivity contribution in [3.63, 3.8) is 0 Å². The lowest BCUT2D eigenvalue weighted by Gasteiger charge is -2.09. The number of anilines is 1. The molecule has 0 saturated carbocycles. The molecular weight excluding hydrogens is 226 g/mol. The minimum absolute atomic E-state index is 0.784. The number of ether oxygens (including phenoxy) is 2. The van der Waals surface area contributed by atoms with Gasteiger partial charge in [0, 0.05) is 5.69 Å². The molecule has 0 aromatic heterocycles. The Kier molecular flexibility index (Phi) is 3.72. The van der Waals surface area contributed by atoms with Gasteiger partial charge in [-0.15, -0.1) is 0 Å². The summed E-state index contributed by atoms with van der Waals surface area (Å²) in [5, 5.41) is 0. The summed E-state index contributed by atoms with van der Waals surface area (Å²) >= 11 is 0. The third-order valence-corrected chi connectivity index (χ3v) is 2.90. The zero-order chi connectivity index (χ0) is 13.0. The topological polar surface area (TPSA) is 44.5 Å². The lowest BCUT2D eigenvalue weighted by atomic mass is 10.0. The van der Waals surface area contributed by atoms with Crippen molar-refractivity contribution in [2.75, 3.05) is 20.0 Å². The largest absolute Gasteiger partial charge is 0.497 e. The van der Waals surface area contributed by atoms with E-state index in [1.165, 1.54) is 5.56 Å². The van der Waals surface area contributed by atoms with Crippen LogP contribution in [0.15, 0.2) is 42.5 Å². The maximum Gasteiger partial charge on any atom is 0.119 e. The van der Waals surface area contributed by atoms with Crippen LogP contribution in [0.1, 0.15) is 11.1 Å². The fourth-order valence-corrected chi connectivity index (χ4v) is 1.83. The molecule has 2 rings (SSSR count). The van der Waals surface area contributed by atoms with Gasteiger partial charge < -0.3 is 15.2 Å². The van der Waals surface area contributed by atoms with Crippen molar-refractivity contribution >= 4 is 5.69 Å². The Balaban J connectivity index is 2.21. The first-order chi connectivity index (χ1) is 8.72. The minimum atomic E-state index is 0.784.